The van der Waals surface area contributed by atoms with Crippen LogP contribution in [0.4, 0.5) is 5.69 Å². The van der Waals surface area contributed by atoms with Crippen LogP contribution in [-0.2, 0) is 39.9 Å². The molecule has 1 aromatic carbocycles. The van der Waals surface area contributed by atoms with Crippen LogP contribution in [0.5, 0.6) is 0 Å². The normalized spacial score (nSPS) is 18.6. The largest absolute Gasteiger partial charge is 0.382 e. The summed E-state index contributed by atoms with van der Waals surface area (Å²) in [7, 11) is -3.45. The van der Waals surface area contributed by atoms with E-state index < -0.39 is 22.1 Å². The number of nitrogens with one attached hydrogen (secondary N) is 2. The predicted molar refractivity (Wildman–Crippen MR) is 113 cm³/mol. The van der Waals surface area contributed by atoms with E-state index in [0.29, 0.717) is 44.9 Å². The summed E-state index contributed by atoms with van der Waals surface area (Å²) in [6.45, 7) is 1.97. The zero-order chi connectivity index (χ0) is 23.1. The molecule has 0 aliphatic carbocycles. The number of imide groups is 1. The van der Waals surface area contributed by atoms with Crippen LogP contribution < -0.4 is 10.6 Å². The van der Waals surface area contributed by atoms with Crippen molar-refractivity contribution in [3.05, 3.63) is 29.3 Å². The third kappa shape index (κ3) is 6.48. The van der Waals surface area contributed by atoms with E-state index in [-0.39, 0.29) is 31.4 Å². The number of nitrogens with zero attached hydrogens (tertiary/aromatic N) is 1. The molecular weight excluding hydrogens is 442 g/mol. The molecule has 3 rings (SSSR count). The highest BCUT2D eigenvalue weighted by Gasteiger charge is 2.39. The lowest BCUT2D eigenvalue weighted by Gasteiger charge is -2.29. The molecule has 32 heavy (non-hydrogen) atoms. The fraction of sp³-hybridized carbons (Fsp3) is 0.550. The Bertz CT molecular complexity index is 966. The van der Waals surface area contributed by atoms with Crippen molar-refractivity contribution in [2.45, 2.75) is 25.4 Å². The van der Waals surface area contributed by atoms with Gasteiger partial charge in [0.25, 0.3) is 16.0 Å². The zero-order valence-corrected chi connectivity index (χ0v) is 18.6. The molecule has 0 aromatic heterocycles. The molecule has 0 spiro atoms. The van der Waals surface area contributed by atoms with Gasteiger partial charge in [-0.3, -0.25) is 23.9 Å². The Morgan fingerprint density at radius 2 is 1.81 bits per heavy atom. The molecule has 11 nitrogen and oxygen atoms in total. The van der Waals surface area contributed by atoms with Gasteiger partial charge in [-0.2, -0.15) is 8.42 Å². The van der Waals surface area contributed by atoms with Crippen molar-refractivity contribution in [1.29, 1.82) is 0 Å². The van der Waals surface area contributed by atoms with Crippen LogP contribution in [0.25, 0.3) is 0 Å². The Kier molecular flexibility index (Phi) is 8.18. The van der Waals surface area contributed by atoms with Crippen molar-refractivity contribution in [2.24, 2.45) is 0 Å². The van der Waals surface area contributed by atoms with Crippen molar-refractivity contribution in [1.82, 2.24) is 10.2 Å². The van der Waals surface area contributed by atoms with Crippen molar-refractivity contribution in [3.63, 3.8) is 0 Å². The van der Waals surface area contributed by atoms with Crippen LogP contribution in [0.2, 0.25) is 0 Å². The summed E-state index contributed by atoms with van der Waals surface area (Å²) < 4.78 is 36.9. The fourth-order valence-electron chi connectivity index (χ4n) is 3.58. The molecule has 1 unspecified atom stereocenters. The standard InChI is InChI=1S/C20H27N3O8S/c1-32(27,28)31-12-11-30-10-9-29-8-7-21-16-4-2-3-14-15(16)13-23(20(14)26)17-5-6-18(24)22-19(17)25/h2-4,17,21H,5-13H2,1H3,(H,22,24,25). The molecule has 0 radical (unpaired) electrons. The number of piperidine rings is 1. The van der Waals surface area contributed by atoms with E-state index in [1.54, 1.807) is 12.1 Å². The quantitative estimate of drug-likeness (QED) is 0.243. The summed E-state index contributed by atoms with van der Waals surface area (Å²) in [4.78, 5) is 37.9. The highest BCUT2D eigenvalue weighted by atomic mass is 32.2. The Hall–Kier alpha value is -2.54. The van der Waals surface area contributed by atoms with Crippen LogP contribution in [-0.4, -0.2) is 82.9 Å². The first-order valence-corrected chi connectivity index (χ1v) is 12.1. The maximum Gasteiger partial charge on any atom is 0.264 e. The zero-order valence-electron chi connectivity index (χ0n) is 17.8. The van der Waals surface area contributed by atoms with Gasteiger partial charge in [0.15, 0.2) is 0 Å². The van der Waals surface area contributed by atoms with Crippen LogP contribution >= 0.6 is 0 Å². The second kappa shape index (κ2) is 10.9. The molecule has 1 atom stereocenters. The fourth-order valence-corrected chi connectivity index (χ4v) is 3.95. The predicted octanol–water partition coefficient (Wildman–Crippen LogP) is -0.131. The van der Waals surface area contributed by atoms with E-state index >= 15 is 0 Å². The molecule has 2 heterocycles. The Morgan fingerprint density at radius 3 is 2.53 bits per heavy atom. The molecule has 1 saturated heterocycles. The van der Waals surface area contributed by atoms with Crippen LogP contribution in [0.15, 0.2) is 18.2 Å². The van der Waals surface area contributed by atoms with Crippen LogP contribution in [0.1, 0.15) is 28.8 Å². The summed E-state index contributed by atoms with van der Waals surface area (Å²) in [5.74, 6) is -0.966. The number of benzene rings is 1. The average molecular weight is 470 g/mol. The SMILES string of the molecule is CS(=O)(=O)OCCOCCOCCNc1cccc2c1CN(C1CCC(=O)NC1=O)C2=O. The minimum Gasteiger partial charge on any atom is -0.382 e. The number of ether oxygens (including phenoxy) is 2. The lowest BCUT2D eigenvalue weighted by atomic mass is 10.0. The molecule has 3 amide bonds. The number of hydrogen-bond donors (Lipinski definition) is 2. The number of carbonyl (C=O) groups excluding carboxylic acids is 3. The monoisotopic (exact) mass is 469 g/mol. The van der Waals surface area contributed by atoms with Crippen molar-refractivity contribution >= 4 is 33.5 Å². The lowest BCUT2D eigenvalue weighted by Crippen LogP contribution is -2.52. The molecule has 176 valence electrons. The summed E-state index contributed by atoms with van der Waals surface area (Å²) in [5.41, 5.74) is 2.16. The van der Waals surface area contributed by atoms with Gasteiger partial charge in [0.1, 0.15) is 6.04 Å². The molecule has 1 fully saturated rings. The van der Waals surface area contributed by atoms with Crippen molar-refractivity contribution in [3.8, 4) is 0 Å². The number of carbonyl (C=O) groups is 3. The van der Waals surface area contributed by atoms with Gasteiger partial charge in [-0.15, -0.1) is 0 Å². The smallest absolute Gasteiger partial charge is 0.264 e. The second-order valence-electron chi connectivity index (χ2n) is 7.41. The second-order valence-corrected chi connectivity index (χ2v) is 9.05. The van der Waals surface area contributed by atoms with E-state index in [2.05, 4.69) is 14.8 Å². The topological polar surface area (TPSA) is 140 Å². The van der Waals surface area contributed by atoms with Gasteiger partial charge in [0, 0.05) is 36.3 Å². The van der Waals surface area contributed by atoms with E-state index in [1.807, 2.05) is 6.07 Å². The van der Waals surface area contributed by atoms with Gasteiger partial charge >= 0.3 is 0 Å². The third-order valence-electron chi connectivity index (χ3n) is 5.04. The number of hydrogen-bond acceptors (Lipinski definition) is 9. The van der Waals surface area contributed by atoms with Gasteiger partial charge < -0.3 is 19.7 Å². The lowest BCUT2D eigenvalue weighted by molar-refractivity contribution is -0.136. The molecule has 2 aliphatic heterocycles. The average Bonchev–Trinajstić information content (AvgIpc) is 3.06. The summed E-state index contributed by atoms with van der Waals surface area (Å²) >= 11 is 0. The number of anilines is 1. The summed E-state index contributed by atoms with van der Waals surface area (Å²) in [6, 6.07) is 4.73. The highest BCUT2D eigenvalue weighted by molar-refractivity contribution is 7.85. The summed E-state index contributed by atoms with van der Waals surface area (Å²) in [6.07, 6.45) is 1.52. The number of amides is 3. The first kappa shape index (κ1) is 24.1. The van der Waals surface area contributed by atoms with E-state index in [1.165, 1.54) is 4.90 Å². The molecule has 1 aromatic rings. The van der Waals surface area contributed by atoms with Gasteiger partial charge in [-0.05, 0) is 18.6 Å². The van der Waals surface area contributed by atoms with E-state index in [4.69, 9.17) is 9.47 Å². The van der Waals surface area contributed by atoms with Gasteiger partial charge in [0.05, 0.1) is 39.3 Å². The Labute approximate surface area is 186 Å². The van der Waals surface area contributed by atoms with E-state index in [0.717, 1.165) is 17.5 Å². The van der Waals surface area contributed by atoms with E-state index in [9.17, 15) is 22.8 Å². The van der Waals surface area contributed by atoms with Gasteiger partial charge in [-0.25, -0.2) is 0 Å². The first-order valence-electron chi connectivity index (χ1n) is 10.3. The van der Waals surface area contributed by atoms with Crippen molar-refractivity contribution in [2.75, 3.05) is 51.2 Å². The van der Waals surface area contributed by atoms with Crippen LogP contribution in [0, 0.1) is 0 Å². The molecule has 2 N–H and O–H groups in total. The van der Waals surface area contributed by atoms with Gasteiger partial charge in [0.2, 0.25) is 11.8 Å². The molecule has 12 heteroatoms. The number of fused-ring (bicyclic) bond motifs is 1. The summed E-state index contributed by atoms with van der Waals surface area (Å²) in [5, 5.41) is 5.55. The molecule has 0 saturated carbocycles. The van der Waals surface area contributed by atoms with Crippen LogP contribution in [0.3, 0.4) is 0 Å². The van der Waals surface area contributed by atoms with Gasteiger partial charge in [-0.1, -0.05) is 6.07 Å². The minimum atomic E-state index is -3.45. The molecule has 2 aliphatic rings. The Morgan fingerprint density at radius 1 is 1.09 bits per heavy atom. The molecule has 0 bridgehead atoms. The number of rotatable bonds is 12. The third-order valence-corrected chi connectivity index (χ3v) is 5.64. The Balaban J connectivity index is 1.40. The maximum atomic E-state index is 12.8. The minimum absolute atomic E-state index is 0.0337. The maximum absolute atomic E-state index is 12.8. The molecular formula is C20H27N3O8S. The highest BCUT2D eigenvalue weighted by Crippen LogP contribution is 2.32. The van der Waals surface area contributed by atoms with Crippen molar-refractivity contribution < 1.29 is 36.5 Å². The first-order chi connectivity index (χ1) is 15.3.